The summed E-state index contributed by atoms with van der Waals surface area (Å²) in [6.07, 6.45) is 2.61. The van der Waals surface area contributed by atoms with E-state index in [1.807, 2.05) is 45.2 Å². The van der Waals surface area contributed by atoms with Gasteiger partial charge < -0.3 is 10.0 Å². The van der Waals surface area contributed by atoms with Crippen LogP contribution in [-0.2, 0) is 0 Å². The van der Waals surface area contributed by atoms with Gasteiger partial charge in [0.1, 0.15) is 0 Å². The number of fused-ring (bicyclic) bond motifs is 1. The number of aryl methyl sites for hydroxylation is 2. The predicted octanol–water partition coefficient (Wildman–Crippen LogP) is 3.08. The third kappa shape index (κ3) is 3.22. The van der Waals surface area contributed by atoms with Gasteiger partial charge in [0.15, 0.2) is 0 Å². The van der Waals surface area contributed by atoms with Gasteiger partial charge in [-0.1, -0.05) is 18.6 Å². The Labute approximate surface area is 137 Å². The van der Waals surface area contributed by atoms with Crippen molar-refractivity contribution >= 4 is 16.8 Å². The van der Waals surface area contributed by atoms with Crippen LogP contribution in [0.4, 0.5) is 0 Å². The first-order valence-corrected chi connectivity index (χ1v) is 8.27. The Morgan fingerprint density at radius 2 is 2.09 bits per heavy atom. The summed E-state index contributed by atoms with van der Waals surface area (Å²) in [6, 6.07) is 8.01. The first-order valence-electron chi connectivity index (χ1n) is 8.27. The highest BCUT2D eigenvalue weighted by molar-refractivity contribution is 5.98. The minimum atomic E-state index is -0.274. The van der Waals surface area contributed by atoms with Crippen molar-refractivity contribution in [3.8, 4) is 0 Å². The second kappa shape index (κ2) is 6.28. The Morgan fingerprint density at radius 1 is 1.30 bits per heavy atom. The summed E-state index contributed by atoms with van der Waals surface area (Å²) in [6.45, 7) is 4.52. The molecule has 1 fully saturated rings. The fourth-order valence-corrected chi connectivity index (χ4v) is 3.46. The molecule has 1 aliphatic carbocycles. The van der Waals surface area contributed by atoms with Crippen LogP contribution in [0.2, 0.25) is 0 Å². The molecule has 0 aliphatic heterocycles. The Bertz CT molecular complexity index is 741. The number of amides is 1. The van der Waals surface area contributed by atoms with Gasteiger partial charge in [0, 0.05) is 24.9 Å². The van der Waals surface area contributed by atoms with Gasteiger partial charge in [-0.3, -0.25) is 9.78 Å². The van der Waals surface area contributed by atoms with Crippen LogP contribution in [0, 0.1) is 19.8 Å². The molecule has 4 heteroatoms. The third-order valence-corrected chi connectivity index (χ3v) is 4.87. The van der Waals surface area contributed by atoms with Crippen molar-refractivity contribution in [2.45, 2.75) is 39.2 Å². The summed E-state index contributed by atoms with van der Waals surface area (Å²) in [7, 11) is 1.81. The summed E-state index contributed by atoms with van der Waals surface area (Å²) in [5.74, 6) is 0.178. The molecule has 1 aliphatic rings. The molecule has 1 heterocycles. The molecule has 0 radical (unpaired) electrons. The smallest absolute Gasteiger partial charge is 0.255 e. The number of benzene rings is 1. The lowest BCUT2D eigenvalue weighted by molar-refractivity contribution is 0.0692. The molecule has 4 nitrogen and oxygen atoms in total. The minimum Gasteiger partial charge on any atom is -0.393 e. The average molecular weight is 312 g/mol. The van der Waals surface area contributed by atoms with Gasteiger partial charge in [-0.25, -0.2) is 0 Å². The molecule has 1 saturated carbocycles. The fourth-order valence-electron chi connectivity index (χ4n) is 3.46. The van der Waals surface area contributed by atoms with Gasteiger partial charge in [-0.2, -0.15) is 0 Å². The number of aliphatic hydroxyl groups excluding tert-OH is 1. The number of hydrogen-bond donors (Lipinski definition) is 1. The maximum absolute atomic E-state index is 12.8. The third-order valence-electron chi connectivity index (χ3n) is 4.87. The molecular weight excluding hydrogens is 288 g/mol. The summed E-state index contributed by atoms with van der Waals surface area (Å²) < 4.78 is 0. The van der Waals surface area contributed by atoms with Crippen LogP contribution in [0.15, 0.2) is 24.3 Å². The van der Waals surface area contributed by atoms with E-state index < -0.39 is 0 Å². The Hall–Kier alpha value is -1.94. The van der Waals surface area contributed by atoms with Crippen LogP contribution in [-0.4, -0.2) is 40.6 Å². The fraction of sp³-hybridized carbons (Fsp3) is 0.474. The quantitative estimate of drug-likeness (QED) is 0.947. The lowest BCUT2D eigenvalue weighted by Gasteiger charge is -2.24. The van der Waals surface area contributed by atoms with Gasteiger partial charge >= 0.3 is 0 Å². The number of carbonyl (C=O) groups excluding carboxylic acids is 1. The molecule has 2 unspecified atom stereocenters. The number of pyridine rings is 1. The van der Waals surface area contributed by atoms with Crippen LogP contribution in [0.5, 0.6) is 0 Å². The van der Waals surface area contributed by atoms with Crippen molar-refractivity contribution in [1.29, 1.82) is 0 Å². The normalized spacial score (nSPS) is 20.9. The second-order valence-electron chi connectivity index (χ2n) is 6.76. The van der Waals surface area contributed by atoms with Crippen molar-refractivity contribution < 1.29 is 9.90 Å². The highest BCUT2D eigenvalue weighted by Crippen LogP contribution is 2.27. The van der Waals surface area contributed by atoms with Gasteiger partial charge in [0.25, 0.3) is 5.91 Å². The molecule has 0 spiro atoms. The van der Waals surface area contributed by atoms with Gasteiger partial charge in [0.05, 0.1) is 22.9 Å². The molecule has 122 valence electrons. The average Bonchev–Trinajstić information content (AvgIpc) is 2.91. The summed E-state index contributed by atoms with van der Waals surface area (Å²) in [4.78, 5) is 19.1. The van der Waals surface area contributed by atoms with Crippen molar-refractivity contribution in [1.82, 2.24) is 9.88 Å². The molecular formula is C19H24N2O2. The van der Waals surface area contributed by atoms with E-state index in [2.05, 4.69) is 4.98 Å². The van der Waals surface area contributed by atoms with Gasteiger partial charge in [0.2, 0.25) is 0 Å². The largest absolute Gasteiger partial charge is 0.393 e. The molecule has 0 saturated heterocycles. The summed E-state index contributed by atoms with van der Waals surface area (Å²) in [5, 5.41) is 10.9. The van der Waals surface area contributed by atoms with Crippen molar-refractivity contribution in [2.24, 2.45) is 5.92 Å². The zero-order chi connectivity index (χ0) is 16.6. The standard InChI is InChI=1S/C19H24N2O2/c1-12-7-8-14-10-16(13(2)20-17(14)9-12)19(23)21(3)11-15-5-4-6-18(15)22/h7-10,15,18,22H,4-6,11H2,1-3H3. The maximum Gasteiger partial charge on any atom is 0.255 e. The number of nitrogens with zero attached hydrogens (tertiary/aromatic N) is 2. The molecule has 1 N–H and O–H groups in total. The van der Waals surface area contributed by atoms with Crippen LogP contribution >= 0.6 is 0 Å². The summed E-state index contributed by atoms with van der Waals surface area (Å²) >= 11 is 0. The van der Waals surface area contributed by atoms with Crippen LogP contribution < -0.4 is 0 Å². The van der Waals surface area contributed by atoms with Gasteiger partial charge in [-0.05, 0) is 44.4 Å². The monoisotopic (exact) mass is 312 g/mol. The maximum atomic E-state index is 12.8. The van der Waals surface area contributed by atoms with E-state index in [4.69, 9.17) is 0 Å². The number of rotatable bonds is 3. The molecule has 1 amide bonds. The van der Waals surface area contributed by atoms with E-state index in [0.717, 1.165) is 41.4 Å². The van der Waals surface area contributed by atoms with Crippen molar-refractivity contribution in [3.05, 3.63) is 41.1 Å². The van der Waals surface area contributed by atoms with E-state index >= 15 is 0 Å². The number of aromatic nitrogens is 1. The predicted molar refractivity (Wildman–Crippen MR) is 91.5 cm³/mol. The topological polar surface area (TPSA) is 53.4 Å². The molecule has 1 aromatic heterocycles. The van der Waals surface area contributed by atoms with Gasteiger partial charge in [-0.15, -0.1) is 0 Å². The van der Waals surface area contributed by atoms with E-state index in [1.165, 1.54) is 0 Å². The zero-order valence-electron chi connectivity index (χ0n) is 14.0. The first-order chi connectivity index (χ1) is 11.0. The highest BCUT2D eigenvalue weighted by Gasteiger charge is 2.28. The van der Waals surface area contributed by atoms with E-state index in [9.17, 15) is 9.90 Å². The number of carbonyl (C=O) groups is 1. The number of aliphatic hydroxyl groups is 1. The molecule has 23 heavy (non-hydrogen) atoms. The lowest BCUT2D eigenvalue weighted by atomic mass is 10.0. The van der Waals surface area contributed by atoms with Crippen LogP contribution in [0.25, 0.3) is 10.9 Å². The van der Waals surface area contributed by atoms with Crippen molar-refractivity contribution in [3.63, 3.8) is 0 Å². The first kappa shape index (κ1) is 15.9. The summed E-state index contributed by atoms with van der Waals surface area (Å²) in [5.41, 5.74) is 3.49. The Balaban J connectivity index is 1.85. The van der Waals surface area contributed by atoms with E-state index in [-0.39, 0.29) is 17.9 Å². The highest BCUT2D eigenvalue weighted by atomic mass is 16.3. The molecule has 1 aromatic carbocycles. The molecule has 3 rings (SSSR count). The van der Waals surface area contributed by atoms with Crippen LogP contribution in [0.1, 0.15) is 40.9 Å². The molecule has 2 aromatic rings. The second-order valence-corrected chi connectivity index (χ2v) is 6.76. The lowest BCUT2D eigenvalue weighted by Crippen LogP contribution is -2.35. The minimum absolute atomic E-state index is 0.0171. The van der Waals surface area contributed by atoms with E-state index in [1.54, 1.807) is 4.90 Å². The van der Waals surface area contributed by atoms with Crippen LogP contribution in [0.3, 0.4) is 0 Å². The van der Waals surface area contributed by atoms with E-state index in [0.29, 0.717) is 12.1 Å². The zero-order valence-corrected chi connectivity index (χ0v) is 14.0. The molecule has 2 atom stereocenters. The Kier molecular flexibility index (Phi) is 4.35. The Morgan fingerprint density at radius 3 is 2.78 bits per heavy atom. The van der Waals surface area contributed by atoms with Crippen molar-refractivity contribution in [2.75, 3.05) is 13.6 Å². The SMILES string of the molecule is Cc1ccc2cc(C(=O)N(C)CC3CCCC3O)c(C)nc2c1. The molecule has 0 bridgehead atoms. The number of hydrogen-bond acceptors (Lipinski definition) is 3.